The van der Waals surface area contributed by atoms with Gasteiger partial charge >= 0.3 is 6.18 Å². The predicted molar refractivity (Wildman–Crippen MR) is 104 cm³/mol. The number of benzene rings is 1. The Morgan fingerprint density at radius 2 is 1.82 bits per heavy atom. The van der Waals surface area contributed by atoms with Crippen molar-refractivity contribution in [3.05, 3.63) is 36.0 Å². The highest BCUT2D eigenvalue weighted by molar-refractivity contribution is 7.98. The molecule has 0 bridgehead atoms. The first-order valence-electron chi connectivity index (χ1n) is 8.13. The third-order valence-electron chi connectivity index (χ3n) is 4.02. The smallest absolute Gasteiger partial charge is 0.388 e. The molecule has 1 unspecified atom stereocenters. The number of anilines is 3. The van der Waals surface area contributed by atoms with Crippen LogP contribution in [-0.4, -0.2) is 36.8 Å². The molecule has 2 aromatic rings. The van der Waals surface area contributed by atoms with Crippen molar-refractivity contribution < 1.29 is 22.5 Å². The Balaban J connectivity index is 2.34. The average molecular weight is 417 g/mol. The summed E-state index contributed by atoms with van der Waals surface area (Å²) in [6.45, 7) is 4.48. The number of hydrogen-bond acceptors (Lipinski definition) is 6. The van der Waals surface area contributed by atoms with Crippen LogP contribution in [-0.2, 0) is 15.9 Å². The van der Waals surface area contributed by atoms with E-state index in [9.17, 15) is 22.5 Å². The van der Waals surface area contributed by atoms with Crippen LogP contribution in [0.15, 0.2) is 35.4 Å². The topological polar surface area (TPSA) is 113 Å². The summed E-state index contributed by atoms with van der Waals surface area (Å²) in [6, 6.07) is 5.31. The van der Waals surface area contributed by atoms with Crippen molar-refractivity contribution in [2.45, 2.75) is 43.5 Å². The van der Waals surface area contributed by atoms with E-state index in [0.29, 0.717) is 16.8 Å². The molecule has 1 aromatic heterocycles. The first-order chi connectivity index (χ1) is 12.7. The van der Waals surface area contributed by atoms with E-state index in [4.69, 9.17) is 5.14 Å². The highest BCUT2D eigenvalue weighted by Crippen LogP contribution is 2.35. The number of aliphatic hydroxyl groups is 1. The summed E-state index contributed by atoms with van der Waals surface area (Å²) in [5.74, 6) is 2.82. The van der Waals surface area contributed by atoms with Gasteiger partial charge in [-0.3, -0.25) is 5.14 Å². The molecule has 154 valence electrons. The normalized spacial score (nSPS) is 15.6. The van der Waals surface area contributed by atoms with E-state index >= 15 is 0 Å². The highest BCUT2D eigenvalue weighted by atomic mass is 32.2. The lowest BCUT2D eigenvalue weighted by atomic mass is 10.0. The minimum atomic E-state index is -4.67. The molecule has 11 heteroatoms. The number of rotatable bonds is 6. The van der Waals surface area contributed by atoms with Gasteiger partial charge in [0.1, 0.15) is 11.4 Å². The van der Waals surface area contributed by atoms with Gasteiger partial charge in [0.05, 0.1) is 21.4 Å². The lowest BCUT2D eigenvalue weighted by Gasteiger charge is -2.28. The minimum Gasteiger partial charge on any atom is -0.388 e. The molecule has 0 spiro atoms. The molecule has 0 amide bonds. The highest BCUT2D eigenvalue weighted by Gasteiger charge is 2.36. The number of hydrogen-bond donors (Lipinski definition) is 4. The first kappa shape index (κ1) is 21.9. The van der Waals surface area contributed by atoms with E-state index in [1.807, 2.05) is 0 Å². The van der Waals surface area contributed by atoms with Gasteiger partial charge in [-0.25, -0.2) is 9.19 Å². The molecule has 2 atom stereocenters. The van der Waals surface area contributed by atoms with Gasteiger partial charge in [0.2, 0.25) is 5.95 Å². The summed E-state index contributed by atoms with van der Waals surface area (Å²) in [4.78, 5) is 7.93. The van der Waals surface area contributed by atoms with Crippen molar-refractivity contribution in [1.29, 1.82) is 0 Å². The second-order valence-electron chi connectivity index (χ2n) is 6.85. The van der Waals surface area contributed by atoms with Crippen molar-refractivity contribution in [1.82, 2.24) is 9.97 Å². The Labute approximate surface area is 161 Å². The molecule has 1 heterocycles. The number of halogens is 3. The lowest BCUT2D eigenvalue weighted by Crippen LogP contribution is -2.40. The molecule has 0 radical (unpaired) electrons. The maximum Gasteiger partial charge on any atom is 0.421 e. The summed E-state index contributed by atoms with van der Waals surface area (Å²) in [6.07, 6.45) is -4.01. The second-order valence-corrected chi connectivity index (χ2v) is 8.77. The fourth-order valence-corrected chi connectivity index (χ4v) is 2.64. The Morgan fingerprint density at radius 1 is 1.25 bits per heavy atom. The molecule has 2 rings (SSSR count). The van der Waals surface area contributed by atoms with Gasteiger partial charge in [0.15, 0.2) is 0 Å². The van der Waals surface area contributed by atoms with Crippen LogP contribution in [0.3, 0.4) is 0 Å². The van der Waals surface area contributed by atoms with Crippen LogP contribution < -0.4 is 15.8 Å². The molecule has 0 aliphatic rings. The Hall–Kier alpha value is -2.37. The van der Waals surface area contributed by atoms with Crippen LogP contribution in [0.1, 0.15) is 26.3 Å². The first-order valence-corrected chi connectivity index (χ1v) is 9.92. The molecular weight excluding hydrogens is 395 g/mol. The molecule has 7 nitrogen and oxygen atoms in total. The van der Waals surface area contributed by atoms with Crippen molar-refractivity contribution in [2.75, 3.05) is 10.6 Å². The summed E-state index contributed by atoms with van der Waals surface area (Å²) in [5, 5.41) is 20.8. The molecule has 0 aliphatic carbocycles. The van der Waals surface area contributed by atoms with Gasteiger partial charge in [0.25, 0.3) is 0 Å². The molecule has 0 saturated heterocycles. The summed E-state index contributed by atoms with van der Waals surface area (Å²) in [7, 11) is -2.87. The van der Waals surface area contributed by atoms with Gasteiger partial charge in [-0.2, -0.15) is 18.2 Å². The van der Waals surface area contributed by atoms with Gasteiger partial charge in [-0.15, -0.1) is 0 Å². The van der Waals surface area contributed by atoms with Crippen LogP contribution in [0, 0.1) is 0 Å². The van der Waals surface area contributed by atoms with Crippen molar-refractivity contribution in [3.8, 4) is 0 Å². The summed E-state index contributed by atoms with van der Waals surface area (Å²) in [5.41, 5.74) is -1.88. The second kappa shape index (κ2) is 7.57. The van der Waals surface area contributed by atoms with Crippen LogP contribution >= 0.6 is 0 Å². The maximum absolute atomic E-state index is 13.3. The third kappa shape index (κ3) is 5.57. The molecule has 0 fully saturated rings. The molecule has 28 heavy (non-hydrogen) atoms. The minimum absolute atomic E-state index is 0.0886. The zero-order valence-corrected chi connectivity index (χ0v) is 16.4. The summed E-state index contributed by atoms with van der Waals surface area (Å²) >= 11 is 0. The zero-order valence-electron chi connectivity index (χ0n) is 15.5. The Kier molecular flexibility index (Phi) is 5.93. The SMILES string of the molecule is C=S(N)(=O)c1ccc(Nc2ncc(C(F)(F)F)c(N[C@H](C)C(C)(C)O)n2)cc1. The van der Waals surface area contributed by atoms with Gasteiger partial charge in [-0.05, 0) is 50.9 Å². The van der Waals surface area contributed by atoms with E-state index in [-0.39, 0.29) is 5.95 Å². The number of nitrogens with zero attached hydrogens (tertiary/aromatic N) is 2. The Bertz CT molecular complexity index is 939. The number of aromatic nitrogens is 2. The van der Waals surface area contributed by atoms with E-state index in [1.165, 1.54) is 45.0 Å². The molecular formula is C17H22F3N5O2S. The number of nitrogens with two attached hydrogens (primary N) is 1. The fraction of sp³-hybridized carbons (Fsp3) is 0.353. The van der Waals surface area contributed by atoms with Gasteiger partial charge < -0.3 is 15.7 Å². The monoisotopic (exact) mass is 417 g/mol. The quantitative estimate of drug-likeness (QED) is 0.538. The van der Waals surface area contributed by atoms with E-state index in [2.05, 4.69) is 26.5 Å². The summed E-state index contributed by atoms with van der Waals surface area (Å²) < 4.78 is 51.5. The number of nitrogens with one attached hydrogen (secondary N) is 2. The Morgan fingerprint density at radius 3 is 2.29 bits per heavy atom. The van der Waals surface area contributed by atoms with Gasteiger partial charge in [0, 0.05) is 16.8 Å². The van der Waals surface area contributed by atoms with Crippen molar-refractivity contribution >= 4 is 33.0 Å². The molecule has 5 N–H and O–H groups in total. The predicted octanol–water partition coefficient (Wildman–Crippen LogP) is 2.76. The van der Waals surface area contributed by atoms with E-state index in [0.717, 1.165) is 0 Å². The fourth-order valence-electron chi connectivity index (χ4n) is 2.04. The third-order valence-corrected chi connectivity index (χ3v) is 5.09. The van der Waals surface area contributed by atoms with E-state index < -0.39 is 38.9 Å². The maximum atomic E-state index is 13.3. The molecule has 0 saturated carbocycles. The van der Waals surface area contributed by atoms with Crippen LogP contribution in [0.25, 0.3) is 0 Å². The molecule has 0 aliphatic heterocycles. The van der Waals surface area contributed by atoms with Crippen LogP contribution in [0.5, 0.6) is 0 Å². The van der Waals surface area contributed by atoms with Crippen LogP contribution in [0.2, 0.25) is 0 Å². The lowest BCUT2D eigenvalue weighted by molar-refractivity contribution is -0.137. The zero-order chi connectivity index (χ0) is 21.3. The van der Waals surface area contributed by atoms with Crippen LogP contribution in [0.4, 0.5) is 30.6 Å². The van der Waals surface area contributed by atoms with Crippen molar-refractivity contribution in [2.24, 2.45) is 5.14 Å². The average Bonchev–Trinajstić information content (AvgIpc) is 2.52. The largest absolute Gasteiger partial charge is 0.421 e. The van der Waals surface area contributed by atoms with E-state index in [1.54, 1.807) is 0 Å². The van der Waals surface area contributed by atoms with Crippen molar-refractivity contribution in [3.63, 3.8) is 0 Å². The van der Waals surface area contributed by atoms with Gasteiger partial charge in [-0.1, -0.05) is 0 Å². The standard InChI is InChI=1S/C17H22F3N5O2S/c1-10(16(2,3)26)23-14-13(17(18,19)20)9-22-15(25-14)24-11-5-7-12(8-6-11)28(4,21)27/h5-10,26H,4H2,1-3H3,(H2,21,27)(H2,22,23,24,25)/t10-,28?/m1/s1. The molecule has 1 aromatic carbocycles. The number of alkyl halides is 3.